The molecule has 0 radical (unpaired) electrons. The molecular formula is C5H12N+. The van der Waals surface area contributed by atoms with Gasteiger partial charge in [-0.25, -0.2) is 0 Å². The molecule has 2 N–H and O–H groups in total. The van der Waals surface area contributed by atoms with Crippen molar-refractivity contribution in [2.45, 2.75) is 19.8 Å². The van der Waals surface area contributed by atoms with E-state index in [2.05, 4.69) is 13.3 Å². The van der Waals surface area contributed by atoms with Crippen LogP contribution >= 0.6 is 0 Å². The van der Waals surface area contributed by atoms with Gasteiger partial charge in [0.2, 0.25) is 0 Å². The van der Waals surface area contributed by atoms with Crippen LogP contribution in [0.15, 0.2) is 0 Å². The van der Waals surface area contributed by atoms with E-state index in [1.54, 1.807) is 0 Å². The molecule has 0 aromatic heterocycles. The van der Waals surface area contributed by atoms with Crippen LogP contribution in [-0.2, 0) is 0 Å². The van der Waals surface area contributed by atoms with Crippen molar-refractivity contribution in [3.8, 4) is 0 Å². The van der Waals surface area contributed by atoms with Gasteiger partial charge in [0, 0.05) is 0 Å². The number of hydrogen-bond donors (Lipinski definition) is 1. The SMILES string of the molecule is CCC[CH+]CN. The van der Waals surface area contributed by atoms with E-state index in [1.807, 2.05) is 0 Å². The lowest BCUT2D eigenvalue weighted by Crippen LogP contribution is -1.97. The van der Waals surface area contributed by atoms with Crippen LogP contribution in [0.2, 0.25) is 0 Å². The molecule has 0 bridgehead atoms. The van der Waals surface area contributed by atoms with Crippen molar-refractivity contribution in [3.05, 3.63) is 6.42 Å². The maximum Gasteiger partial charge on any atom is 0.136 e. The van der Waals surface area contributed by atoms with Gasteiger partial charge in [-0.1, -0.05) is 6.92 Å². The number of rotatable bonds is 3. The topological polar surface area (TPSA) is 26.0 Å². The Labute approximate surface area is 39.5 Å². The molecule has 36 valence electrons. The molecule has 1 nitrogen and oxygen atoms in total. The minimum absolute atomic E-state index is 0.730. The van der Waals surface area contributed by atoms with Gasteiger partial charge < -0.3 is 0 Å². The monoisotopic (exact) mass is 86.1 g/mol. The Hall–Kier alpha value is -0.170. The smallest absolute Gasteiger partial charge is 0.136 e. The number of unbranched alkanes of at least 4 members (excludes halogenated alkanes) is 2. The molecule has 0 heterocycles. The average molecular weight is 86.2 g/mol. The first-order valence-corrected chi connectivity index (χ1v) is 2.43. The maximum absolute atomic E-state index is 5.16. The molecule has 0 aromatic rings. The van der Waals surface area contributed by atoms with Gasteiger partial charge in [-0.3, -0.25) is 5.73 Å². The van der Waals surface area contributed by atoms with Crippen LogP contribution in [0, 0.1) is 6.42 Å². The zero-order chi connectivity index (χ0) is 4.83. The molecule has 0 saturated carbocycles. The third-order valence-corrected chi connectivity index (χ3v) is 0.659. The summed E-state index contributed by atoms with van der Waals surface area (Å²) in [5.41, 5.74) is 5.16. The Morgan fingerprint density at radius 1 is 1.67 bits per heavy atom. The number of nitrogens with two attached hydrogens (primary N) is 1. The molecule has 0 amide bonds. The van der Waals surface area contributed by atoms with E-state index in [0.29, 0.717) is 0 Å². The predicted molar refractivity (Wildman–Crippen MR) is 28.3 cm³/mol. The first kappa shape index (κ1) is 5.83. The second-order valence-corrected chi connectivity index (χ2v) is 1.31. The van der Waals surface area contributed by atoms with Crippen LogP contribution in [0.4, 0.5) is 0 Å². The highest BCUT2D eigenvalue weighted by Gasteiger charge is 1.86. The van der Waals surface area contributed by atoms with E-state index in [9.17, 15) is 0 Å². The lowest BCUT2D eigenvalue weighted by atomic mass is 10.3. The Bertz CT molecular complexity index is 15.9. The summed E-state index contributed by atoms with van der Waals surface area (Å²) >= 11 is 0. The van der Waals surface area contributed by atoms with Crippen LogP contribution < -0.4 is 5.73 Å². The molecule has 0 fully saturated rings. The van der Waals surface area contributed by atoms with Crippen molar-refractivity contribution >= 4 is 0 Å². The van der Waals surface area contributed by atoms with E-state index in [4.69, 9.17) is 5.73 Å². The molecule has 0 aliphatic heterocycles. The van der Waals surface area contributed by atoms with Crippen molar-refractivity contribution in [1.29, 1.82) is 0 Å². The van der Waals surface area contributed by atoms with Gasteiger partial charge in [-0.15, -0.1) is 0 Å². The van der Waals surface area contributed by atoms with E-state index in [1.165, 1.54) is 6.42 Å². The summed E-state index contributed by atoms with van der Waals surface area (Å²) in [5.74, 6) is 0. The minimum Gasteiger partial charge on any atom is -0.293 e. The molecular weight excluding hydrogens is 74.1 g/mol. The summed E-state index contributed by atoms with van der Waals surface area (Å²) in [6.45, 7) is 2.88. The molecule has 0 spiro atoms. The largest absolute Gasteiger partial charge is 0.293 e. The zero-order valence-corrected chi connectivity index (χ0v) is 4.28. The fraction of sp³-hybridized carbons (Fsp3) is 0.800. The second-order valence-electron chi connectivity index (χ2n) is 1.31. The van der Waals surface area contributed by atoms with Crippen molar-refractivity contribution in [2.75, 3.05) is 6.54 Å². The Kier molecular flexibility index (Phi) is 4.69. The molecule has 0 saturated heterocycles. The molecule has 6 heavy (non-hydrogen) atoms. The van der Waals surface area contributed by atoms with Crippen molar-refractivity contribution < 1.29 is 0 Å². The summed E-state index contributed by atoms with van der Waals surface area (Å²) in [6, 6.07) is 0. The molecule has 0 aliphatic carbocycles. The highest BCUT2D eigenvalue weighted by atomic mass is 14.5. The predicted octanol–water partition coefficient (Wildman–Crippen LogP) is 0.949. The third-order valence-electron chi connectivity index (χ3n) is 0.659. The Morgan fingerprint density at radius 3 is 2.50 bits per heavy atom. The Morgan fingerprint density at radius 2 is 2.33 bits per heavy atom. The Balaban J connectivity index is 2.34. The van der Waals surface area contributed by atoms with Gasteiger partial charge in [0.05, 0.1) is 12.8 Å². The van der Waals surface area contributed by atoms with Gasteiger partial charge in [0.15, 0.2) is 0 Å². The lowest BCUT2D eigenvalue weighted by Gasteiger charge is -1.76. The molecule has 1 heteroatoms. The first-order valence-electron chi connectivity index (χ1n) is 2.43. The summed E-state index contributed by atoms with van der Waals surface area (Å²) in [6.07, 6.45) is 4.47. The maximum atomic E-state index is 5.16. The van der Waals surface area contributed by atoms with Gasteiger partial charge >= 0.3 is 0 Å². The zero-order valence-electron chi connectivity index (χ0n) is 4.28. The lowest BCUT2D eigenvalue weighted by molar-refractivity contribution is 0.869. The van der Waals surface area contributed by atoms with Gasteiger partial charge in [-0.05, 0) is 6.42 Å². The first-order chi connectivity index (χ1) is 2.91. The van der Waals surface area contributed by atoms with Crippen LogP contribution in [0.1, 0.15) is 19.8 Å². The summed E-state index contributed by atoms with van der Waals surface area (Å²) in [7, 11) is 0. The van der Waals surface area contributed by atoms with Crippen LogP contribution in [0.25, 0.3) is 0 Å². The average Bonchev–Trinajstić information content (AvgIpc) is 1.61. The highest BCUT2D eigenvalue weighted by molar-refractivity contribution is 4.61. The molecule has 0 atom stereocenters. The molecule has 0 rings (SSSR count). The van der Waals surface area contributed by atoms with Crippen molar-refractivity contribution in [1.82, 2.24) is 0 Å². The molecule has 0 aliphatic rings. The molecule has 0 aromatic carbocycles. The minimum atomic E-state index is 0.730. The molecule has 0 unspecified atom stereocenters. The quantitative estimate of drug-likeness (QED) is 0.401. The van der Waals surface area contributed by atoms with Crippen molar-refractivity contribution in [2.24, 2.45) is 5.73 Å². The fourth-order valence-corrected chi connectivity index (χ4v) is 0.322. The fourth-order valence-electron chi connectivity index (χ4n) is 0.322. The normalized spacial score (nSPS) is 8.33. The van der Waals surface area contributed by atoms with E-state index in [-0.39, 0.29) is 0 Å². The summed E-state index contributed by atoms with van der Waals surface area (Å²) in [4.78, 5) is 0. The summed E-state index contributed by atoms with van der Waals surface area (Å²) < 4.78 is 0. The van der Waals surface area contributed by atoms with Gasteiger partial charge in [0.1, 0.15) is 6.54 Å². The second kappa shape index (κ2) is 4.83. The van der Waals surface area contributed by atoms with E-state index >= 15 is 0 Å². The van der Waals surface area contributed by atoms with E-state index in [0.717, 1.165) is 13.0 Å². The van der Waals surface area contributed by atoms with Crippen molar-refractivity contribution in [3.63, 3.8) is 0 Å². The highest BCUT2D eigenvalue weighted by Crippen LogP contribution is 1.86. The van der Waals surface area contributed by atoms with Crippen LogP contribution in [0.5, 0.6) is 0 Å². The number of hydrogen-bond acceptors (Lipinski definition) is 1. The standard InChI is InChI=1S/C5H12N/c1-2-3-4-5-6/h4H,2-3,5-6H2,1H3/q+1. The van der Waals surface area contributed by atoms with Crippen LogP contribution in [-0.4, -0.2) is 6.54 Å². The summed E-state index contributed by atoms with van der Waals surface area (Å²) in [5, 5.41) is 0. The van der Waals surface area contributed by atoms with Crippen LogP contribution in [0.3, 0.4) is 0 Å². The van der Waals surface area contributed by atoms with Gasteiger partial charge in [-0.2, -0.15) is 0 Å². The van der Waals surface area contributed by atoms with E-state index < -0.39 is 0 Å². The van der Waals surface area contributed by atoms with Gasteiger partial charge in [0.25, 0.3) is 0 Å². The third kappa shape index (κ3) is 3.83.